The number of nitrogens with zero attached hydrogens (tertiary/aromatic N) is 2. The highest BCUT2D eigenvalue weighted by atomic mass is 15.1. The van der Waals surface area contributed by atoms with Gasteiger partial charge in [0.1, 0.15) is 5.69 Å². The standard InChI is InChI=1S/C21H26N2/c1-3-5-7-9-20-16-17-21(23-22-20)15-14-19-12-10-18(11-13-19)8-6-4-2/h10-13,16-17H,3-9H2,1-2H3. The van der Waals surface area contributed by atoms with Crippen LogP contribution in [-0.4, -0.2) is 10.2 Å². The van der Waals surface area contributed by atoms with Crippen molar-refractivity contribution < 1.29 is 0 Å². The number of aromatic nitrogens is 2. The fraction of sp³-hybridized carbons (Fsp3) is 0.429. The van der Waals surface area contributed by atoms with Crippen molar-refractivity contribution in [2.75, 3.05) is 0 Å². The van der Waals surface area contributed by atoms with Crippen LogP contribution in [0.1, 0.15) is 68.5 Å². The minimum atomic E-state index is 0.735. The summed E-state index contributed by atoms with van der Waals surface area (Å²) in [4.78, 5) is 0. The van der Waals surface area contributed by atoms with Crippen LogP contribution in [-0.2, 0) is 12.8 Å². The van der Waals surface area contributed by atoms with Crippen molar-refractivity contribution in [3.8, 4) is 11.8 Å². The zero-order valence-corrected chi connectivity index (χ0v) is 14.3. The predicted molar refractivity (Wildman–Crippen MR) is 96.3 cm³/mol. The second-order valence-corrected chi connectivity index (χ2v) is 5.92. The molecular weight excluding hydrogens is 280 g/mol. The van der Waals surface area contributed by atoms with E-state index >= 15 is 0 Å². The molecule has 0 aliphatic carbocycles. The molecule has 0 fully saturated rings. The fourth-order valence-electron chi connectivity index (χ4n) is 2.39. The first-order chi connectivity index (χ1) is 11.3. The van der Waals surface area contributed by atoms with E-state index in [1.807, 2.05) is 12.1 Å². The maximum Gasteiger partial charge on any atom is 0.136 e. The Balaban J connectivity index is 1.93. The minimum Gasteiger partial charge on any atom is -0.154 e. The van der Waals surface area contributed by atoms with Crippen LogP contribution in [0.15, 0.2) is 36.4 Å². The summed E-state index contributed by atoms with van der Waals surface area (Å²) in [7, 11) is 0. The van der Waals surface area contributed by atoms with E-state index in [-0.39, 0.29) is 0 Å². The third-order valence-electron chi connectivity index (χ3n) is 3.86. The van der Waals surface area contributed by atoms with Crippen molar-refractivity contribution in [1.82, 2.24) is 10.2 Å². The Hall–Kier alpha value is -2.14. The van der Waals surface area contributed by atoms with Crippen molar-refractivity contribution in [2.24, 2.45) is 0 Å². The maximum absolute atomic E-state index is 4.26. The molecule has 0 saturated carbocycles. The maximum atomic E-state index is 4.26. The molecule has 1 aromatic heterocycles. The van der Waals surface area contributed by atoms with E-state index in [1.165, 1.54) is 37.7 Å². The van der Waals surface area contributed by atoms with Crippen LogP contribution in [0.3, 0.4) is 0 Å². The van der Waals surface area contributed by atoms with Crippen LogP contribution in [0.5, 0.6) is 0 Å². The average Bonchev–Trinajstić information content (AvgIpc) is 2.60. The lowest BCUT2D eigenvalue weighted by Gasteiger charge is -1.99. The number of hydrogen-bond donors (Lipinski definition) is 0. The molecule has 0 saturated heterocycles. The highest BCUT2D eigenvalue weighted by Crippen LogP contribution is 2.07. The van der Waals surface area contributed by atoms with Gasteiger partial charge in [-0.1, -0.05) is 51.2 Å². The third-order valence-corrected chi connectivity index (χ3v) is 3.86. The second-order valence-electron chi connectivity index (χ2n) is 5.92. The molecule has 2 nitrogen and oxygen atoms in total. The van der Waals surface area contributed by atoms with Crippen molar-refractivity contribution in [2.45, 2.75) is 58.8 Å². The van der Waals surface area contributed by atoms with Gasteiger partial charge in [0.15, 0.2) is 0 Å². The van der Waals surface area contributed by atoms with E-state index in [0.717, 1.165) is 29.8 Å². The molecule has 0 amide bonds. The van der Waals surface area contributed by atoms with Gasteiger partial charge in [0.25, 0.3) is 0 Å². The van der Waals surface area contributed by atoms with Gasteiger partial charge >= 0.3 is 0 Å². The molecule has 0 bridgehead atoms. The van der Waals surface area contributed by atoms with Crippen molar-refractivity contribution in [1.29, 1.82) is 0 Å². The van der Waals surface area contributed by atoms with Crippen LogP contribution < -0.4 is 0 Å². The summed E-state index contributed by atoms with van der Waals surface area (Å²) in [5, 5.41) is 8.47. The molecule has 2 aromatic rings. The number of rotatable bonds is 7. The van der Waals surface area contributed by atoms with Crippen molar-refractivity contribution in [3.63, 3.8) is 0 Å². The molecule has 0 aliphatic heterocycles. The quantitative estimate of drug-likeness (QED) is 0.534. The van der Waals surface area contributed by atoms with Crippen LogP contribution in [0.25, 0.3) is 0 Å². The van der Waals surface area contributed by atoms with Gasteiger partial charge in [-0.2, -0.15) is 5.10 Å². The number of benzene rings is 1. The number of aryl methyl sites for hydroxylation is 2. The van der Waals surface area contributed by atoms with E-state index in [0.29, 0.717) is 0 Å². The zero-order valence-electron chi connectivity index (χ0n) is 14.3. The number of hydrogen-bond acceptors (Lipinski definition) is 2. The molecular formula is C21H26N2. The molecule has 1 heterocycles. The van der Waals surface area contributed by atoms with Crippen molar-refractivity contribution >= 4 is 0 Å². The van der Waals surface area contributed by atoms with Gasteiger partial charge < -0.3 is 0 Å². The van der Waals surface area contributed by atoms with E-state index in [1.54, 1.807) is 0 Å². The lowest BCUT2D eigenvalue weighted by atomic mass is 10.1. The zero-order chi connectivity index (χ0) is 16.3. The summed E-state index contributed by atoms with van der Waals surface area (Å²) in [6.07, 6.45) is 8.29. The fourth-order valence-corrected chi connectivity index (χ4v) is 2.39. The summed E-state index contributed by atoms with van der Waals surface area (Å²) in [6.45, 7) is 4.43. The van der Waals surface area contributed by atoms with Gasteiger partial charge in [-0.3, -0.25) is 0 Å². The van der Waals surface area contributed by atoms with Crippen LogP contribution in [0, 0.1) is 11.8 Å². The molecule has 2 rings (SSSR count). The Kier molecular flexibility index (Phi) is 7.33. The molecule has 2 heteroatoms. The van der Waals surface area contributed by atoms with E-state index in [9.17, 15) is 0 Å². The van der Waals surface area contributed by atoms with E-state index in [2.05, 4.69) is 60.2 Å². The topological polar surface area (TPSA) is 25.8 Å². The molecule has 0 radical (unpaired) electrons. The molecule has 0 spiro atoms. The first-order valence-electron chi connectivity index (χ1n) is 8.75. The predicted octanol–water partition coefficient (Wildman–Crippen LogP) is 4.95. The Labute approximate surface area is 140 Å². The Morgan fingerprint density at radius 2 is 1.52 bits per heavy atom. The number of unbranched alkanes of at least 4 members (excludes halogenated alkanes) is 3. The molecule has 1 aromatic carbocycles. The largest absolute Gasteiger partial charge is 0.154 e. The van der Waals surface area contributed by atoms with E-state index in [4.69, 9.17) is 0 Å². The summed E-state index contributed by atoms with van der Waals surface area (Å²) in [5.41, 5.74) is 4.20. The monoisotopic (exact) mass is 306 g/mol. The smallest absolute Gasteiger partial charge is 0.136 e. The van der Waals surface area contributed by atoms with Crippen molar-refractivity contribution in [3.05, 3.63) is 58.9 Å². The molecule has 120 valence electrons. The first-order valence-corrected chi connectivity index (χ1v) is 8.75. The Morgan fingerprint density at radius 1 is 0.739 bits per heavy atom. The molecule has 0 unspecified atom stereocenters. The van der Waals surface area contributed by atoms with E-state index < -0.39 is 0 Å². The first kappa shape index (κ1) is 17.2. The van der Waals surface area contributed by atoms with Gasteiger partial charge in [-0.05, 0) is 61.4 Å². The highest BCUT2D eigenvalue weighted by molar-refractivity contribution is 5.40. The molecule has 0 aliphatic rings. The summed E-state index contributed by atoms with van der Waals surface area (Å²) in [6, 6.07) is 12.5. The SMILES string of the molecule is CCCCCc1ccc(C#Cc2ccc(CCCC)cc2)nn1. The van der Waals surface area contributed by atoms with Gasteiger partial charge in [0.2, 0.25) is 0 Å². The second kappa shape index (κ2) is 9.79. The summed E-state index contributed by atoms with van der Waals surface area (Å²) < 4.78 is 0. The normalized spacial score (nSPS) is 10.2. The molecule has 0 N–H and O–H groups in total. The lowest BCUT2D eigenvalue weighted by molar-refractivity contribution is 0.698. The molecule has 0 atom stereocenters. The Morgan fingerprint density at radius 3 is 2.17 bits per heavy atom. The molecule has 23 heavy (non-hydrogen) atoms. The van der Waals surface area contributed by atoms with Crippen LogP contribution in [0.2, 0.25) is 0 Å². The van der Waals surface area contributed by atoms with Gasteiger partial charge in [0, 0.05) is 5.56 Å². The highest BCUT2D eigenvalue weighted by Gasteiger charge is 1.96. The lowest BCUT2D eigenvalue weighted by Crippen LogP contribution is -1.95. The average molecular weight is 306 g/mol. The Bertz CT molecular complexity index is 630. The summed E-state index contributed by atoms with van der Waals surface area (Å²) >= 11 is 0. The van der Waals surface area contributed by atoms with Crippen LogP contribution >= 0.6 is 0 Å². The summed E-state index contributed by atoms with van der Waals surface area (Å²) in [5.74, 6) is 6.26. The van der Waals surface area contributed by atoms with Crippen LogP contribution in [0.4, 0.5) is 0 Å². The van der Waals surface area contributed by atoms with Gasteiger partial charge in [0.05, 0.1) is 5.69 Å². The van der Waals surface area contributed by atoms with Gasteiger partial charge in [-0.15, -0.1) is 5.10 Å². The third kappa shape index (κ3) is 6.24. The van der Waals surface area contributed by atoms with Gasteiger partial charge in [-0.25, -0.2) is 0 Å². The minimum absolute atomic E-state index is 0.735.